The summed E-state index contributed by atoms with van der Waals surface area (Å²) in [4.78, 5) is 23.7. The number of aromatic nitrogens is 1. The second kappa shape index (κ2) is 5.50. The number of H-pyrrole nitrogens is 1. The van der Waals surface area contributed by atoms with Gasteiger partial charge in [-0.2, -0.15) is 0 Å². The molecule has 1 aromatic heterocycles. The molecule has 0 aromatic carbocycles. The summed E-state index contributed by atoms with van der Waals surface area (Å²) >= 11 is 3.23. The standard InChI is InChI=1S/C8H10BrN3O3/c9-2-1-3-10-8(13)7-4-6(5-11-7)12(14)15/h4-5,11H,1-3H2,(H,10,13). The van der Waals surface area contributed by atoms with Crippen LogP contribution in [0.5, 0.6) is 0 Å². The minimum absolute atomic E-state index is 0.111. The molecule has 15 heavy (non-hydrogen) atoms. The van der Waals surface area contributed by atoms with Crippen LogP contribution in [-0.4, -0.2) is 27.7 Å². The lowest BCUT2D eigenvalue weighted by Crippen LogP contribution is -2.24. The van der Waals surface area contributed by atoms with E-state index in [0.717, 1.165) is 11.8 Å². The first kappa shape index (κ1) is 11.7. The quantitative estimate of drug-likeness (QED) is 0.369. The molecule has 7 heteroatoms. The molecule has 0 aliphatic rings. The van der Waals surface area contributed by atoms with E-state index in [4.69, 9.17) is 0 Å². The SMILES string of the molecule is O=C(NCCCBr)c1cc([N+](=O)[O-])c[nH]1. The zero-order valence-corrected chi connectivity index (χ0v) is 9.41. The molecule has 1 amide bonds. The van der Waals surface area contributed by atoms with Crippen LogP contribution in [0.4, 0.5) is 5.69 Å². The molecule has 0 saturated heterocycles. The molecule has 0 unspecified atom stereocenters. The van der Waals surface area contributed by atoms with Crippen molar-refractivity contribution >= 4 is 27.5 Å². The van der Waals surface area contributed by atoms with Crippen LogP contribution in [0, 0.1) is 10.1 Å². The molecular weight excluding hydrogens is 266 g/mol. The van der Waals surface area contributed by atoms with Gasteiger partial charge in [-0.3, -0.25) is 14.9 Å². The highest BCUT2D eigenvalue weighted by Crippen LogP contribution is 2.11. The van der Waals surface area contributed by atoms with E-state index in [9.17, 15) is 14.9 Å². The van der Waals surface area contributed by atoms with Crippen LogP contribution in [0.25, 0.3) is 0 Å². The van der Waals surface area contributed by atoms with E-state index < -0.39 is 4.92 Å². The van der Waals surface area contributed by atoms with Crippen molar-refractivity contribution in [2.45, 2.75) is 6.42 Å². The average molecular weight is 276 g/mol. The van der Waals surface area contributed by atoms with Crippen molar-refractivity contribution in [3.05, 3.63) is 28.1 Å². The van der Waals surface area contributed by atoms with Crippen LogP contribution in [0.2, 0.25) is 0 Å². The average Bonchev–Trinajstić information content (AvgIpc) is 2.66. The van der Waals surface area contributed by atoms with Crippen molar-refractivity contribution in [1.29, 1.82) is 0 Å². The van der Waals surface area contributed by atoms with E-state index >= 15 is 0 Å². The van der Waals surface area contributed by atoms with E-state index in [0.29, 0.717) is 6.54 Å². The molecule has 0 atom stereocenters. The molecule has 0 spiro atoms. The number of halogens is 1. The summed E-state index contributed by atoms with van der Waals surface area (Å²) in [5.41, 5.74) is 0.0944. The minimum Gasteiger partial charge on any atom is -0.351 e. The van der Waals surface area contributed by atoms with Crippen LogP contribution in [-0.2, 0) is 0 Å². The summed E-state index contributed by atoms with van der Waals surface area (Å²) in [5, 5.41) is 13.8. The summed E-state index contributed by atoms with van der Waals surface area (Å²) in [5.74, 6) is -0.330. The highest BCUT2D eigenvalue weighted by molar-refractivity contribution is 9.09. The molecule has 0 aliphatic heterocycles. The van der Waals surface area contributed by atoms with Crippen molar-refractivity contribution in [1.82, 2.24) is 10.3 Å². The number of carbonyl (C=O) groups is 1. The third-order valence-corrected chi connectivity index (χ3v) is 2.28. The van der Waals surface area contributed by atoms with E-state index in [2.05, 4.69) is 26.2 Å². The second-order valence-corrected chi connectivity index (χ2v) is 3.62. The summed E-state index contributed by atoms with van der Waals surface area (Å²) in [6.45, 7) is 0.539. The van der Waals surface area contributed by atoms with Crippen LogP contribution < -0.4 is 5.32 Å². The third kappa shape index (κ3) is 3.35. The van der Waals surface area contributed by atoms with Crippen molar-refractivity contribution < 1.29 is 9.72 Å². The Kier molecular flexibility index (Phi) is 4.29. The third-order valence-electron chi connectivity index (χ3n) is 1.72. The van der Waals surface area contributed by atoms with Crippen molar-refractivity contribution in [2.24, 2.45) is 0 Å². The van der Waals surface area contributed by atoms with Gasteiger partial charge in [-0.15, -0.1) is 0 Å². The maximum Gasteiger partial charge on any atom is 0.287 e. The van der Waals surface area contributed by atoms with Crippen LogP contribution in [0.15, 0.2) is 12.3 Å². The Labute approximate surface area is 94.3 Å². The number of nitrogens with one attached hydrogen (secondary N) is 2. The lowest BCUT2D eigenvalue weighted by atomic mass is 10.3. The molecule has 1 aromatic rings. The lowest BCUT2D eigenvalue weighted by Gasteiger charge is -2.00. The Hall–Kier alpha value is -1.37. The molecule has 0 aliphatic carbocycles. The predicted octanol–water partition coefficient (Wildman–Crippen LogP) is 1.44. The minimum atomic E-state index is -0.550. The number of nitrogens with zero attached hydrogens (tertiary/aromatic N) is 1. The maximum absolute atomic E-state index is 11.4. The largest absolute Gasteiger partial charge is 0.351 e. The number of hydrogen-bond acceptors (Lipinski definition) is 3. The Bertz CT molecular complexity index is 364. The number of carbonyl (C=O) groups excluding carboxylic acids is 1. The fraction of sp³-hybridized carbons (Fsp3) is 0.375. The molecule has 0 radical (unpaired) electrons. The van der Waals surface area contributed by atoms with Gasteiger partial charge in [-0.1, -0.05) is 15.9 Å². The van der Waals surface area contributed by atoms with Gasteiger partial charge in [0.05, 0.1) is 11.1 Å². The van der Waals surface area contributed by atoms with Crippen molar-refractivity contribution in [3.8, 4) is 0 Å². The lowest BCUT2D eigenvalue weighted by molar-refractivity contribution is -0.384. The van der Waals surface area contributed by atoms with Gasteiger partial charge < -0.3 is 10.3 Å². The number of amides is 1. The van der Waals surface area contributed by atoms with Gasteiger partial charge in [-0.05, 0) is 6.42 Å². The van der Waals surface area contributed by atoms with Gasteiger partial charge in [-0.25, -0.2) is 0 Å². The summed E-state index contributed by atoms with van der Waals surface area (Å²) in [7, 11) is 0. The zero-order valence-electron chi connectivity index (χ0n) is 7.83. The summed E-state index contributed by atoms with van der Waals surface area (Å²) in [6, 6.07) is 1.21. The van der Waals surface area contributed by atoms with E-state index in [1.807, 2.05) is 0 Å². The molecule has 6 nitrogen and oxygen atoms in total. The maximum atomic E-state index is 11.4. The smallest absolute Gasteiger partial charge is 0.287 e. The predicted molar refractivity (Wildman–Crippen MR) is 58.2 cm³/mol. The van der Waals surface area contributed by atoms with Crippen LogP contribution in [0.3, 0.4) is 0 Å². The van der Waals surface area contributed by atoms with Gasteiger partial charge in [0.25, 0.3) is 11.6 Å². The highest BCUT2D eigenvalue weighted by atomic mass is 79.9. The molecular formula is C8H10BrN3O3. The first-order chi connectivity index (χ1) is 7.15. The van der Waals surface area contributed by atoms with Crippen LogP contribution >= 0.6 is 15.9 Å². The molecule has 82 valence electrons. The van der Waals surface area contributed by atoms with Gasteiger partial charge in [0.1, 0.15) is 5.69 Å². The normalized spacial score (nSPS) is 9.93. The first-order valence-electron chi connectivity index (χ1n) is 4.32. The molecule has 1 rings (SSSR count). The first-order valence-corrected chi connectivity index (χ1v) is 5.44. The Balaban J connectivity index is 2.54. The zero-order chi connectivity index (χ0) is 11.3. The number of nitro groups is 1. The summed E-state index contributed by atoms with van der Waals surface area (Å²) < 4.78 is 0. The number of hydrogen-bond donors (Lipinski definition) is 2. The van der Waals surface area contributed by atoms with E-state index in [-0.39, 0.29) is 17.3 Å². The number of alkyl halides is 1. The molecule has 0 bridgehead atoms. The van der Waals surface area contributed by atoms with E-state index in [1.54, 1.807) is 0 Å². The molecule has 2 N–H and O–H groups in total. The number of rotatable bonds is 5. The Morgan fingerprint density at radius 2 is 2.40 bits per heavy atom. The fourth-order valence-electron chi connectivity index (χ4n) is 0.983. The van der Waals surface area contributed by atoms with Gasteiger partial charge in [0, 0.05) is 17.9 Å². The van der Waals surface area contributed by atoms with Gasteiger partial charge in [0.15, 0.2) is 0 Å². The monoisotopic (exact) mass is 275 g/mol. The van der Waals surface area contributed by atoms with Gasteiger partial charge in [0.2, 0.25) is 0 Å². The van der Waals surface area contributed by atoms with Crippen molar-refractivity contribution in [3.63, 3.8) is 0 Å². The summed E-state index contributed by atoms with van der Waals surface area (Å²) in [6.07, 6.45) is 2.01. The fourth-order valence-corrected chi connectivity index (χ4v) is 1.26. The molecule has 0 fully saturated rings. The Morgan fingerprint density at radius 1 is 1.67 bits per heavy atom. The molecule has 1 heterocycles. The molecule has 0 saturated carbocycles. The van der Waals surface area contributed by atoms with Crippen molar-refractivity contribution in [2.75, 3.05) is 11.9 Å². The number of aromatic amines is 1. The topological polar surface area (TPSA) is 88.0 Å². The Morgan fingerprint density at radius 3 is 2.93 bits per heavy atom. The second-order valence-electron chi connectivity index (χ2n) is 2.83. The van der Waals surface area contributed by atoms with Crippen LogP contribution in [0.1, 0.15) is 16.9 Å². The van der Waals surface area contributed by atoms with E-state index in [1.165, 1.54) is 12.3 Å². The highest BCUT2D eigenvalue weighted by Gasteiger charge is 2.13. The van der Waals surface area contributed by atoms with Gasteiger partial charge >= 0.3 is 0 Å².